The average molecular weight is 437 g/mol. The normalized spacial score (nSPS) is 13.8. The molecule has 0 amide bonds. The lowest BCUT2D eigenvalue weighted by molar-refractivity contribution is 0.302. The van der Waals surface area contributed by atoms with Gasteiger partial charge in [0.15, 0.2) is 0 Å². The quantitative estimate of drug-likeness (QED) is 0.273. The Morgan fingerprint density at radius 3 is 1.65 bits per heavy atom. The lowest BCUT2D eigenvalue weighted by Crippen LogP contribution is -2.27. The predicted molar refractivity (Wildman–Crippen MR) is 138 cm³/mol. The van der Waals surface area contributed by atoms with Crippen molar-refractivity contribution in [3.05, 3.63) is 149 Å². The molecule has 0 heterocycles. The summed E-state index contributed by atoms with van der Waals surface area (Å²) in [5, 5.41) is 0. The second kappa shape index (κ2) is 7.20. The standard InChI is InChI=1S/C33H24O/c1-22-11-2-9-20-31(22)34-21-23-12-10-16-27-26-15-5-8-19-30(26)33(32(23)27)28-17-6-3-13-24(28)25-14-4-7-18-29(25)33/h2-20H,21H2,1H3. The molecule has 0 saturated carbocycles. The van der Waals surface area contributed by atoms with Gasteiger partial charge in [-0.05, 0) is 68.6 Å². The van der Waals surface area contributed by atoms with Gasteiger partial charge in [0.25, 0.3) is 0 Å². The van der Waals surface area contributed by atoms with Crippen LogP contribution < -0.4 is 4.74 Å². The Morgan fingerprint density at radius 2 is 1.03 bits per heavy atom. The first-order valence-corrected chi connectivity index (χ1v) is 11.9. The van der Waals surface area contributed by atoms with E-state index < -0.39 is 0 Å². The molecule has 2 aliphatic carbocycles. The first kappa shape index (κ1) is 19.4. The molecule has 1 heteroatoms. The van der Waals surface area contributed by atoms with Crippen LogP contribution in [0.25, 0.3) is 22.3 Å². The third-order valence-electron chi connectivity index (χ3n) is 7.58. The van der Waals surface area contributed by atoms with E-state index in [2.05, 4.69) is 116 Å². The summed E-state index contributed by atoms with van der Waals surface area (Å²) in [5.41, 5.74) is 12.8. The predicted octanol–water partition coefficient (Wildman–Crippen LogP) is 7.92. The number of para-hydroxylation sites is 1. The summed E-state index contributed by atoms with van der Waals surface area (Å²) in [7, 11) is 0. The second-order valence-electron chi connectivity index (χ2n) is 9.28. The van der Waals surface area contributed by atoms with Gasteiger partial charge in [0, 0.05) is 0 Å². The van der Waals surface area contributed by atoms with Crippen molar-refractivity contribution < 1.29 is 4.74 Å². The van der Waals surface area contributed by atoms with E-state index in [4.69, 9.17) is 4.74 Å². The van der Waals surface area contributed by atoms with Crippen LogP contribution in [0.4, 0.5) is 0 Å². The topological polar surface area (TPSA) is 9.23 Å². The van der Waals surface area contributed by atoms with Crippen LogP contribution in [-0.2, 0) is 12.0 Å². The lowest BCUT2D eigenvalue weighted by Gasteiger charge is -2.32. The van der Waals surface area contributed by atoms with Gasteiger partial charge >= 0.3 is 0 Å². The molecule has 0 fully saturated rings. The van der Waals surface area contributed by atoms with Crippen molar-refractivity contribution in [3.63, 3.8) is 0 Å². The molecule has 7 rings (SSSR count). The van der Waals surface area contributed by atoms with Gasteiger partial charge in [-0.2, -0.15) is 0 Å². The number of aryl methyl sites for hydroxylation is 1. The molecule has 5 aromatic rings. The second-order valence-corrected chi connectivity index (χ2v) is 9.28. The van der Waals surface area contributed by atoms with Gasteiger partial charge in [-0.3, -0.25) is 0 Å². The van der Waals surface area contributed by atoms with E-state index in [0.29, 0.717) is 6.61 Å². The Morgan fingerprint density at radius 1 is 0.529 bits per heavy atom. The van der Waals surface area contributed by atoms with Gasteiger partial charge in [-0.15, -0.1) is 0 Å². The summed E-state index contributed by atoms with van der Waals surface area (Å²) >= 11 is 0. The SMILES string of the molecule is Cc1ccccc1OCc1cccc2c1C1(c3ccccc3-c3ccccc31)c1ccccc1-2. The zero-order valence-electron chi connectivity index (χ0n) is 19.1. The largest absolute Gasteiger partial charge is 0.489 e. The highest BCUT2D eigenvalue weighted by Crippen LogP contribution is 2.63. The summed E-state index contributed by atoms with van der Waals surface area (Å²) in [6.45, 7) is 2.64. The van der Waals surface area contributed by atoms with Gasteiger partial charge in [0.05, 0.1) is 5.41 Å². The zero-order valence-corrected chi connectivity index (χ0v) is 19.1. The number of fused-ring (bicyclic) bond motifs is 10. The first-order valence-electron chi connectivity index (χ1n) is 11.9. The number of benzene rings is 5. The van der Waals surface area contributed by atoms with Gasteiger partial charge in [0.2, 0.25) is 0 Å². The van der Waals surface area contributed by atoms with Crippen LogP contribution in [0.5, 0.6) is 5.75 Å². The molecule has 0 aliphatic heterocycles. The highest BCUT2D eigenvalue weighted by atomic mass is 16.5. The zero-order chi connectivity index (χ0) is 22.7. The van der Waals surface area contributed by atoms with E-state index in [9.17, 15) is 0 Å². The van der Waals surface area contributed by atoms with Gasteiger partial charge in [-0.1, -0.05) is 109 Å². The van der Waals surface area contributed by atoms with Gasteiger partial charge in [0.1, 0.15) is 12.4 Å². The van der Waals surface area contributed by atoms with Crippen molar-refractivity contribution in [2.75, 3.05) is 0 Å². The fourth-order valence-corrected chi connectivity index (χ4v) is 6.24. The van der Waals surface area contributed by atoms with E-state index in [1.807, 2.05) is 6.07 Å². The Labute approximate surface area is 200 Å². The maximum absolute atomic E-state index is 6.43. The van der Waals surface area contributed by atoms with Crippen LogP contribution in [0.15, 0.2) is 115 Å². The Balaban J connectivity index is 1.52. The smallest absolute Gasteiger partial charge is 0.122 e. The van der Waals surface area contributed by atoms with Gasteiger partial charge in [-0.25, -0.2) is 0 Å². The number of hydrogen-bond acceptors (Lipinski definition) is 1. The highest BCUT2D eigenvalue weighted by Gasteiger charge is 2.52. The van der Waals surface area contributed by atoms with Crippen molar-refractivity contribution >= 4 is 0 Å². The molecular weight excluding hydrogens is 412 g/mol. The lowest BCUT2D eigenvalue weighted by atomic mass is 9.69. The minimum absolute atomic E-state index is 0.329. The first-order chi connectivity index (χ1) is 16.8. The Kier molecular flexibility index (Phi) is 4.10. The summed E-state index contributed by atoms with van der Waals surface area (Å²) in [6.07, 6.45) is 0. The molecule has 1 spiro atoms. The van der Waals surface area contributed by atoms with Crippen LogP contribution in [0.3, 0.4) is 0 Å². The fourth-order valence-electron chi connectivity index (χ4n) is 6.24. The van der Waals surface area contributed by atoms with E-state index >= 15 is 0 Å². The van der Waals surface area contributed by atoms with Crippen LogP contribution in [0.1, 0.15) is 33.4 Å². The molecule has 0 saturated heterocycles. The molecule has 2 aliphatic rings. The molecule has 0 N–H and O–H groups in total. The van der Waals surface area contributed by atoms with E-state index in [-0.39, 0.29) is 5.41 Å². The van der Waals surface area contributed by atoms with Gasteiger partial charge < -0.3 is 4.74 Å². The van der Waals surface area contributed by atoms with Crippen LogP contribution in [-0.4, -0.2) is 0 Å². The molecular formula is C33H24O. The van der Waals surface area contributed by atoms with Crippen molar-refractivity contribution in [3.8, 4) is 28.0 Å². The van der Waals surface area contributed by atoms with E-state index in [1.165, 1.54) is 50.1 Å². The fraction of sp³-hybridized carbons (Fsp3) is 0.0909. The number of ether oxygens (including phenoxy) is 1. The minimum Gasteiger partial charge on any atom is -0.489 e. The third kappa shape index (κ3) is 2.44. The molecule has 1 nitrogen and oxygen atoms in total. The molecule has 5 aromatic carbocycles. The van der Waals surface area contributed by atoms with Crippen molar-refractivity contribution in [2.24, 2.45) is 0 Å². The Hall–Kier alpha value is -4.10. The summed E-state index contributed by atoms with van der Waals surface area (Å²) in [6, 6.07) is 41.8. The summed E-state index contributed by atoms with van der Waals surface area (Å²) in [5.74, 6) is 0.942. The summed E-state index contributed by atoms with van der Waals surface area (Å²) < 4.78 is 6.43. The monoisotopic (exact) mass is 436 g/mol. The maximum Gasteiger partial charge on any atom is 0.122 e. The third-order valence-corrected chi connectivity index (χ3v) is 7.58. The van der Waals surface area contributed by atoms with Crippen LogP contribution in [0, 0.1) is 6.92 Å². The minimum atomic E-state index is -0.329. The van der Waals surface area contributed by atoms with Crippen molar-refractivity contribution in [1.82, 2.24) is 0 Å². The molecule has 0 radical (unpaired) electrons. The van der Waals surface area contributed by atoms with Crippen LogP contribution in [0.2, 0.25) is 0 Å². The molecule has 0 aromatic heterocycles. The molecule has 0 atom stereocenters. The number of hydrogen-bond donors (Lipinski definition) is 0. The van der Waals surface area contributed by atoms with Crippen molar-refractivity contribution in [2.45, 2.75) is 18.9 Å². The average Bonchev–Trinajstić information content (AvgIpc) is 3.36. The molecule has 34 heavy (non-hydrogen) atoms. The maximum atomic E-state index is 6.43. The summed E-state index contributed by atoms with van der Waals surface area (Å²) in [4.78, 5) is 0. The molecule has 0 unspecified atom stereocenters. The van der Waals surface area contributed by atoms with Crippen molar-refractivity contribution in [1.29, 1.82) is 0 Å². The van der Waals surface area contributed by atoms with E-state index in [1.54, 1.807) is 0 Å². The molecule has 162 valence electrons. The number of rotatable bonds is 3. The van der Waals surface area contributed by atoms with Crippen LogP contribution >= 0.6 is 0 Å². The Bertz CT molecular complexity index is 1510. The van der Waals surface area contributed by atoms with E-state index in [0.717, 1.165) is 11.3 Å². The highest BCUT2D eigenvalue weighted by molar-refractivity contribution is 5.95. The molecule has 0 bridgehead atoms.